The molecule has 1 N–H and O–H groups in total. The normalized spacial score (nSPS) is 23.0. The van der Waals surface area contributed by atoms with E-state index in [0.717, 1.165) is 31.1 Å². The van der Waals surface area contributed by atoms with Gasteiger partial charge in [-0.2, -0.15) is 0 Å². The smallest absolute Gasteiger partial charge is 0.131 e. The summed E-state index contributed by atoms with van der Waals surface area (Å²) < 4.78 is 0. The molecular formula is C17H29N3. The molecule has 0 bridgehead atoms. The van der Waals surface area contributed by atoms with Gasteiger partial charge in [-0.1, -0.05) is 19.8 Å². The molecule has 3 heteroatoms. The minimum atomic E-state index is 0.593. The molecule has 0 aromatic carbocycles. The largest absolute Gasteiger partial charge is 0.320 e. The second-order valence-corrected chi connectivity index (χ2v) is 6.40. The van der Waals surface area contributed by atoms with Gasteiger partial charge in [0.1, 0.15) is 5.82 Å². The molecule has 1 aliphatic rings. The Balaban J connectivity index is 2.09. The SMILES string of the molecule is CNCCCc1c(C)nc(C2CCC(C)CC2)nc1C. The Kier molecular flexibility index (Phi) is 5.53. The van der Waals surface area contributed by atoms with Gasteiger partial charge in [0.15, 0.2) is 0 Å². The molecule has 20 heavy (non-hydrogen) atoms. The summed E-state index contributed by atoms with van der Waals surface area (Å²) in [7, 11) is 2.00. The van der Waals surface area contributed by atoms with Gasteiger partial charge in [0.25, 0.3) is 0 Å². The third kappa shape index (κ3) is 3.78. The summed E-state index contributed by atoms with van der Waals surface area (Å²) in [4.78, 5) is 9.66. The predicted molar refractivity (Wildman–Crippen MR) is 84.1 cm³/mol. The van der Waals surface area contributed by atoms with Crippen molar-refractivity contribution in [2.75, 3.05) is 13.6 Å². The molecule has 1 fully saturated rings. The number of aryl methyl sites for hydroxylation is 2. The zero-order valence-corrected chi connectivity index (χ0v) is 13.5. The zero-order chi connectivity index (χ0) is 14.5. The molecule has 1 heterocycles. The van der Waals surface area contributed by atoms with Crippen molar-refractivity contribution < 1.29 is 0 Å². The van der Waals surface area contributed by atoms with Crippen molar-refractivity contribution in [1.29, 1.82) is 0 Å². The van der Waals surface area contributed by atoms with Gasteiger partial charge in [-0.05, 0) is 64.6 Å². The van der Waals surface area contributed by atoms with E-state index in [2.05, 4.69) is 26.1 Å². The minimum Gasteiger partial charge on any atom is -0.320 e. The van der Waals surface area contributed by atoms with Gasteiger partial charge in [0, 0.05) is 17.3 Å². The Morgan fingerprint density at radius 3 is 2.20 bits per heavy atom. The lowest BCUT2D eigenvalue weighted by atomic mass is 9.82. The van der Waals surface area contributed by atoms with Crippen molar-refractivity contribution in [3.63, 3.8) is 0 Å². The lowest BCUT2D eigenvalue weighted by Gasteiger charge is -2.25. The number of nitrogens with zero attached hydrogens (tertiary/aromatic N) is 2. The monoisotopic (exact) mass is 275 g/mol. The highest BCUT2D eigenvalue weighted by molar-refractivity contribution is 5.25. The lowest BCUT2D eigenvalue weighted by Crippen LogP contribution is -2.16. The first-order valence-electron chi connectivity index (χ1n) is 8.10. The second kappa shape index (κ2) is 7.16. The van der Waals surface area contributed by atoms with E-state index in [0.29, 0.717) is 5.92 Å². The van der Waals surface area contributed by atoms with Gasteiger partial charge >= 0.3 is 0 Å². The summed E-state index contributed by atoms with van der Waals surface area (Å²) in [5.41, 5.74) is 3.75. The topological polar surface area (TPSA) is 37.8 Å². The van der Waals surface area contributed by atoms with Gasteiger partial charge in [0.2, 0.25) is 0 Å². The first-order valence-corrected chi connectivity index (χ1v) is 8.10. The zero-order valence-electron chi connectivity index (χ0n) is 13.5. The number of nitrogens with one attached hydrogen (secondary N) is 1. The van der Waals surface area contributed by atoms with E-state index in [4.69, 9.17) is 9.97 Å². The van der Waals surface area contributed by atoms with E-state index < -0.39 is 0 Å². The predicted octanol–water partition coefficient (Wildman–Crippen LogP) is 3.54. The first kappa shape index (κ1) is 15.4. The molecule has 0 saturated heterocycles. The molecule has 0 spiro atoms. The number of hydrogen-bond donors (Lipinski definition) is 1. The summed E-state index contributed by atoms with van der Waals surface area (Å²) >= 11 is 0. The van der Waals surface area contributed by atoms with Gasteiger partial charge in [-0.25, -0.2) is 9.97 Å². The Labute approximate surface area is 123 Å². The number of aromatic nitrogens is 2. The van der Waals surface area contributed by atoms with Crippen LogP contribution in [0.2, 0.25) is 0 Å². The summed E-state index contributed by atoms with van der Waals surface area (Å²) in [6.45, 7) is 7.72. The van der Waals surface area contributed by atoms with Gasteiger partial charge in [0.05, 0.1) is 0 Å². The van der Waals surface area contributed by atoms with Gasteiger partial charge in [-0.3, -0.25) is 0 Å². The van der Waals surface area contributed by atoms with Gasteiger partial charge < -0.3 is 5.32 Å². The van der Waals surface area contributed by atoms with Crippen LogP contribution < -0.4 is 5.32 Å². The van der Waals surface area contributed by atoms with Crippen molar-refractivity contribution in [1.82, 2.24) is 15.3 Å². The third-order valence-corrected chi connectivity index (χ3v) is 4.67. The average molecular weight is 275 g/mol. The molecule has 1 aromatic rings. The lowest BCUT2D eigenvalue weighted by molar-refractivity contribution is 0.339. The van der Waals surface area contributed by atoms with Crippen molar-refractivity contribution in [2.24, 2.45) is 5.92 Å². The third-order valence-electron chi connectivity index (χ3n) is 4.67. The molecule has 1 aromatic heterocycles. The van der Waals surface area contributed by atoms with Crippen molar-refractivity contribution in [3.05, 3.63) is 22.8 Å². The molecule has 112 valence electrons. The van der Waals surface area contributed by atoms with Crippen molar-refractivity contribution >= 4 is 0 Å². The van der Waals surface area contributed by atoms with Crippen LogP contribution in [0.15, 0.2) is 0 Å². The van der Waals surface area contributed by atoms with Crippen LogP contribution in [0.5, 0.6) is 0 Å². The Morgan fingerprint density at radius 1 is 1.05 bits per heavy atom. The van der Waals surface area contributed by atoms with E-state index in [1.54, 1.807) is 0 Å². The van der Waals surface area contributed by atoms with Crippen LogP contribution in [0.4, 0.5) is 0 Å². The Hall–Kier alpha value is -0.960. The fourth-order valence-corrected chi connectivity index (χ4v) is 3.27. The maximum absolute atomic E-state index is 4.83. The summed E-state index contributed by atoms with van der Waals surface area (Å²) in [5.74, 6) is 2.58. The summed E-state index contributed by atoms with van der Waals surface area (Å²) in [5, 5.41) is 3.20. The van der Waals surface area contributed by atoms with E-state index in [1.165, 1.54) is 42.6 Å². The van der Waals surface area contributed by atoms with Crippen LogP contribution >= 0.6 is 0 Å². The van der Waals surface area contributed by atoms with E-state index in [-0.39, 0.29) is 0 Å². The Bertz CT molecular complexity index is 411. The molecule has 0 aliphatic heterocycles. The molecule has 2 rings (SSSR count). The summed E-state index contributed by atoms with van der Waals surface area (Å²) in [6, 6.07) is 0. The highest BCUT2D eigenvalue weighted by Crippen LogP contribution is 2.34. The first-order chi connectivity index (χ1) is 9.61. The molecule has 1 aliphatic carbocycles. The highest BCUT2D eigenvalue weighted by Gasteiger charge is 2.23. The maximum Gasteiger partial charge on any atom is 0.131 e. The van der Waals surface area contributed by atoms with Crippen LogP contribution in [0, 0.1) is 19.8 Å². The van der Waals surface area contributed by atoms with Crippen LogP contribution in [-0.4, -0.2) is 23.6 Å². The quantitative estimate of drug-likeness (QED) is 0.835. The Morgan fingerprint density at radius 2 is 1.65 bits per heavy atom. The minimum absolute atomic E-state index is 0.593. The fraction of sp³-hybridized carbons (Fsp3) is 0.765. The number of rotatable bonds is 5. The van der Waals surface area contributed by atoms with E-state index in [9.17, 15) is 0 Å². The number of hydrogen-bond acceptors (Lipinski definition) is 3. The van der Waals surface area contributed by atoms with E-state index in [1.807, 2.05) is 7.05 Å². The molecule has 0 radical (unpaired) electrons. The average Bonchev–Trinajstić information content (AvgIpc) is 2.42. The molecule has 0 atom stereocenters. The molecule has 1 saturated carbocycles. The van der Waals surface area contributed by atoms with E-state index >= 15 is 0 Å². The van der Waals surface area contributed by atoms with Crippen molar-refractivity contribution in [2.45, 2.75) is 65.2 Å². The van der Waals surface area contributed by atoms with Crippen molar-refractivity contribution in [3.8, 4) is 0 Å². The van der Waals surface area contributed by atoms with Gasteiger partial charge in [-0.15, -0.1) is 0 Å². The second-order valence-electron chi connectivity index (χ2n) is 6.40. The maximum atomic E-state index is 4.83. The highest BCUT2D eigenvalue weighted by atomic mass is 14.9. The van der Waals surface area contributed by atoms with Crippen LogP contribution in [0.1, 0.15) is 67.7 Å². The standard InChI is InChI=1S/C17H29N3/c1-12-7-9-15(10-8-12)17-19-13(2)16(14(3)20-17)6-5-11-18-4/h12,15,18H,5-11H2,1-4H3. The molecule has 0 amide bonds. The fourth-order valence-electron chi connectivity index (χ4n) is 3.27. The van der Waals surface area contributed by atoms with Crippen LogP contribution in [0.3, 0.4) is 0 Å². The molecule has 3 nitrogen and oxygen atoms in total. The molecule has 0 unspecified atom stereocenters. The van der Waals surface area contributed by atoms with Crippen LogP contribution in [0.25, 0.3) is 0 Å². The van der Waals surface area contributed by atoms with Crippen LogP contribution in [-0.2, 0) is 6.42 Å². The molecular weight excluding hydrogens is 246 g/mol. The summed E-state index contributed by atoms with van der Waals surface area (Å²) in [6.07, 6.45) is 7.42.